The quantitative estimate of drug-likeness (QED) is 0.451. The molecular weight excluding hydrogens is 501 g/mol. The van der Waals surface area contributed by atoms with Crippen molar-refractivity contribution in [3.05, 3.63) is 85.5 Å². The highest BCUT2D eigenvalue weighted by Gasteiger charge is 2.41. The molecule has 0 aromatic heterocycles. The lowest BCUT2D eigenvalue weighted by Gasteiger charge is -2.39. The fourth-order valence-electron chi connectivity index (χ4n) is 4.48. The number of rotatable bonds is 5. The number of hydrogen-bond donors (Lipinski definition) is 2. The number of benzene rings is 2. The van der Waals surface area contributed by atoms with Crippen LogP contribution in [0.5, 0.6) is 0 Å². The first-order valence-corrected chi connectivity index (χ1v) is 12.9. The Kier molecular flexibility index (Phi) is 7.32. The van der Waals surface area contributed by atoms with Crippen LogP contribution in [0.25, 0.3) is 0 Å². The number of aryl methyl sites for hydroxylation is 1. The van der Waals surface area contributed by atoms with Crippen molar-refractivity contribution < 1.29 is 9.59 Å². The minimum Gasteiger partial charge on any atom is -0.352 e. The molecule has 8 heteroatoms. The number of anilines is 1. The molecule has 0 fully saturated rings. The number of carbonyl (C=O) groups is 2. The predicted octanol–water partition coefficient (Wildman–Crippen LogP) is 6.74. The van der Waals surface area contributed by atoms with Gasteiger partial charge in [0.25, 0.3) is 0 Å². The SMILES string of the molecule is Cc1ccc(NC(=O)CSC2=C(C#N)[C@H](c3ccc(Cl)cc3)C3=C(CC(C)(C)CC3=O)N2)cc1Cl. The van der Waals surface area contributed by atoms with Crippen molar-refractivity contribution in [3.8, 4) is 6.07 Å². The second kappa shape index (κ2) is 10.1. The summed E-state index contributed by atoms with van der Waals surface area (Å²) in [6, 6.07) is 14.9. The average molecular weight is 526 g/mol. The highest BCUT2D eigenvalue weighted by atomic mass is 35.5. The van der Waals surface area contributed by atoms with Crippen molar-refractivity contribution in [2.45, 2.75) is 39.5 Å². The molecule has 35 heavy (non-hydrogen) atoms. The van der Waals surface area contributed by atoms with Gasteiger partial charge in [-0.1, -0.05) is 67.0 Å². The first-order valence-electron chi connectivity index (χ1n) is 11.2. The van der Waals surface area contributed by atoms with Crippen molar-refractivity contribution in [2.24, 2.45) is 5.41 Å². The molecule has 4 rings (SSSR count). The minimum atomic E-state index is -0.501. The molecule has 0 unspecified atom stereocenters. The Morgan fingerprint density at radius 2 is 1.91 bits per heavy atom. The molecule has 2 N–H and O–H groups in total. The zero-order chi connectivity index (χ0) is 25.3. The minimum absolute atomic E-state index is 0.0366. The normalized spacial score (nSPS) is 19.1. The van der Waals surface area contributed by atoms with Gasteiger partial charge in [-0.3, -0.25) is 9.59 Å². The first-order chi connectivity index (χ1) is 16.6. The van der Waals surface area contributed by atoms with E-state index >= 15 is 0 Å². The number of hydrogen-bond acceptors (Lipinski definition) is 5. The van der Waals surface area contributed by atoms with Crippen LogP contribution in [0.15, 0.2) is 64.3 Å². The standard InChI is InChI=1S/C27H25Cl2N3O2S/c1-15-4-9-18(10-20(15)29)31-23(34)14-35-26-19(13-30)24(16-5-7-17(28)8-6-16)25-21(32-26)11-27(2,3)12-22(25)33/h4-10,24,32H,11-12,14H2,1-3H3,(H,31,34)/t24-/m0/s1. The lowest BCUT2D eigenvalue weighted by Crippen LogP contribution is -2.37. The number of allylic oxidation sites excluding steroid dienone is 3. The van der Waals surface area contributed by atoms with E-state index in [2.05, 4.69) is 30.6 Å². The Labute approximate surface area is 219 Å². The molecule has 1 atom stereocenters. The number of nitrogens with one attached hydrogen (secondary N) is 2. The Hall–Kier alpha value is -2.72. The average Bonchev–Trinajstić information content (AvgIpc) is 2.79. The van der Waals surface area contributed by atoms with Crippen LogP contribution < -0.4 is 10.6 Å². The van der Waals surface area contributed by atoms with Crippen LogP contribution in [0.1, 0.15) is 43.7 Å². The number of carbonyl (C=O) groups excluding carboxylic acids is 2. The van der Waals surface area contributed by atoms with Crippen LogP contribution in [0.2, 0.25) is 10.0 Å². The summed E-state index contributed by atoms with van der Waals surface area (Å²) < 4.78 is 0. The summed E-state index contributed by atoms with van der Waals surface area (Å²) in [6.07, 6.45) is 1.09. The molecule has 2 aliphatic rings. The molecule has 1 aliphatic heterocycles. The highest BCUT2D eigenvalue weighted by molar-refractivity contribution is 8.03. The van der Waals surface area contributed by atoms with E-state index in [9.17, 15) is 14.9 Å². The second-order valence-corrected chi connectivity index (χ2v) is 11.4. The third-order valence-corrected chi connectivity index (χ3v) is 7.81. The topological polar surface area (TPSA) is 82.0 Å². The van der Waals surface area contributed by atoms with Gasteiger partial charge >= 0.3 is 0 Å². The fourth-order valence-corrected chi connectivity index (χ4v) is 5.65. The molecule has 180 valence electrons. The maximum Gasteiger partial charge on any atom is 0.234 e. The molecule has 2 aromatic rings. The summed E-state index contributed by atoms with van der Waals surface area (Å²) in [5.74, 6) is -0.593. The van der Waals surface area contributed by atoms with Gasteiger partial charge in [0.1, 0.15) is 0 Å². The third kappa shape index (κ3) is 5.59. The van der Waals surface area contributed by atoms with E-state index in [0.29, 0.717) is 44.7 Å². The van der Waals surface area contributed by atoms with Crippen molar-refractivity contribution in [2.75, 3.05) is 11.1 Å². The summed E-state index contributed by atoms with van der Waals surface area (Å²) in [7, 11) is 0. The summed E-state index contributed by atoms with van der Waals surface area (Å²) in [6.45, 7) is 6.01. The number of nitriles is 1. The van der Waals surface area contributed by atoms with E-state index < -0.39 is 5.92 Å². The predicted molar refractivity (Wildman–Crippen MR) is 142 cm³/mol. The molecule has 0 bridgehead atoms. The molecule has 0 saturated heterocycles. The molecule has 1 amide bonds. The van der Waals surface area contributed by atoms with Gasteiger partial charge in [-0.2, -0.15) is 5.26 Å². The van der Waals surface area contributed by atoms with E-state index in [1.165, 1.54) is 11.8 Å². The lowest BCUT2D eigenvalue weighted by atomic mass is 9.69. The molecular formula is C27H25Cl2N3O2S. The summed E-state index contributed by atoms with van der Waals surface area (Å²) in [4.78, 5) is 25.9. The third-order valence-electron chi connectivity index (χ3n) is 6.13. The van der Waals surface area contributed by atoms with Crippen molar-refractivity contribution in [1.82, 2.24) is 5.32 Å². The number of ketones is 1. The maximum atomic E-state index is 13.2. The number of nitrogens with zero attached hydrogens (tertiary/aromatic N) is 1. The Bertz CT molecular complexity index is 1310. The van der Waals surface area contributed by atoms with Crippen molar-refractivity contribution in [1.29, 1.82) is 5.26 Å². The zero-order valence-corrected chi connectivity index (χ0v) is 22.0. The van der Waals surface area contributed by atoms with Gasteiger partial charge in [0.15, 0.2) is 5.78 Å². The molecule has 0 radical (unpaired) electrons. The number of dihydropyridines is 1. The van der Waals surface area contributed by atoms with Crippen molar-refractivity contribution in [3.63, 3.8) is 0 Å². The van der Waals surface area contributed by atoms with Crippen LogP contribution >= 0.6 is 35.0 Å². The van der Waals surface area contributed by atoms with Gasteiger partial charge in [0, 0.05) is 33.4 Å². The fraction of sp³-hybridized carbons (Fsp3) is 0.296. The number of halogens is 2. The van der Waals surface area contributed by atoms with Gasteiger partial charge < -0.3 is 10.6 Å². The molecule has 1 aliphatic carbocycles. The van der Waals surface area contributed by atoms with Gasteiger partial charge in [0.2, 0.25) is 5.91 Å². The Balaban J connectivity index is 1.63. The second-order valence-electron chi connectivity index (χ2n) is 9.60. The zero-order valence-electron chi connectivity index (χ0n) is 19.7. The smallest absolute Gasteiger partial charge is 0.234 e. The number of Topliss-reactive ketones (excluding diaryl/α,β-unsaturated/α-hetero) is 1. The van der Waals surface area contributed by atoms with Crippen LogP contribution in [0.3, 0.4) is 0 Å². The number of thioether (sulfide) groups is 1. The molecule has 0 spiro atoms. The van der Waals surface area contributed by atoms with Gasteiger partial charge in [0.05, 0.1) is 28.3 Å². The van der Waals surface area contributed by atoms with E-state index in [4.69, 9.17) is 23.2 Å². The summed E-state index contributed by atoms with van der Waals surface area (Å²) >= 11 is 13.5. The van der Waals surface area contributed by atoms with E-state index in [1.54, 1.807) is 24.3 Å². The maximum absolute atomic E-state index is 13.2. The first kappa shape index (κ1) is 25.4. The molecule has 2 aromatic carbocycles. The van der Waals surface area contributed by atoms with Gasteiger partial charge in [-0.15, -0.1) is 0 Å². The Morgan fingerprint density at radius 1 is 1.20 bits per heavy atom. The summed E-state index contributed by atoms with van der Waals surface area (Å²) in [5.41, 5.74) is 4.04. The van der Waals surface area contributed by atoms with Gasteiger partial charge in [-0.25, -0.2) is 0 Å². The largest absolute Gasteiger partial charge is 0.352 e. The molecule has 1 heterocycles. The van der Waals surface area contributed by atoms with Crippen LogP contribution in [0, 0.1) is 23.7 Å². The van der Waals surface area contributed by atoms with Crippen LogP contribution in [0.4, 0.5) is 5.69 Å². The lowest BCUT2D eigenvalue weighted by molar-refractivity contribution is -0.118. The summed E-state index contributed by atoms with van der Waals surface area (Å²) in [5, 5.41) is 18.1. The van der Waals surface area contributed by atoms with Crippen molar-refractivity contribution >= 4 is 52.3 Å². The highest BCUT2D eigenvalue weighted by Crippen LogP contribution is 2.47. The molecule has 0 saturated carbocycles. The monoisotopic (exact) mass is 525 g/mol. The Morgan fingerprint density at radius 3 is 2.57 bits per heavy atom. The van der Waals surface area contributed by atoms with E-state index in [1.807, 2.05) is 25.1 Å². The van der Waals surface area contributed by atoms with E-state index in [0.717, 1.165) is 16.8 Å². The number of amides is 1. The van der Waals surface area contributed by atoms with Gasteiger partial charge in [-0.05, 0) is 54.2 Å². The van der Waals surface area contributed by atoms with E-state index in [-0.39, 0.29) is 22.9 Å². The van der Waals surface area contributed by atoms with Crippen LogP contribution in [-0.4, -0.2) is 17.4 Å². The molecule has 5 nitrogen and oxygen atoms in total. The van der Waals surface area contributed by atoms with Crippen LogP contribution in [-0.2, 0) is 9.59 Å².